The van der Waals surface area contributed by atoms with E-state index in [1.165, 1.54) is 0 Å². The minimum atomic E-state index is -6.04. The molecule has 0 aromatic carbocycles. The molecule has 0 aromatic heterocycles. The van der Waals surface area contributed by atoms with Crippen LogP contribution in [0.5, 0.6) is 0 Å². The fraction of sp³-hybridized carbons (Fsp3) is 0.923. The van der Waals surface area contributed by atoms with E-state index in [1.54, 1.807) is 0 Å². The van der Waals surface area contributed by atoms with Gasteiger partial charge in [0, 0.05) is 0 Å². The summed E-state index contributed by atoms with van der Waals surface area (Å²) in [5.74, 6) is -39.4. The highest BCUT2D eigenvalue weighted by Gasteiger charge is 2.89. The predicted octanol–water partition coefficient (Wildman–Crippen LogP) is -9.71. The Morgan fingerprint density at radius 3 is 1.09 bits per heavy atom. The van der Waals surface area contributed by atoms with Gasteiger partial charge in [0.15, 0.2) is 0 Å². The first-order chi connectivity index (χ1) is 13.9. The van der Waals surface area contributed by atoms with Crippen LogP contribution in [0.3, 0.4) is 0 Å². The molecular formula is C13H26O20. The first kappa shape index (κ1) is 31.6. The lowest BCUT2D eigenvalue weighted by atomic mass is 9.73. The average molecular weight is 502 g/mol. The van der Waals surface area contributed by atoms with Gasteiger partial charge in [-0.05, 0) is 20.8 Å². The molecule has 0 spiro atoms. The molecule has 0 bridgehead atoms. The van der Waals surface area contributed by atoms with Crippen molar-refractivity contribution >= 4 is 6.16 Å². The fourth-order valence-electron chi connectivity index (χ4n) is 2.13. The predicted molar refractivity (Wildman–Crippen MR) is 86.9 cm³/mol. The molecule has 0 radical (unpaired) electrons. The fourth-order valence-corrected chi connectivity index (χ4v) is 2.13. The van der Waals surface area contributed by atoms with Crippen molar-refractivity contribution in [3.05, 3.63) is 0 Å². The van der Waals surface area contributed by atoms with Crippen molar-refractivity contribution in [3.8, 4) is 0 Å². The van der Waals surface area contributed by atoms with Gasteiger partial charge in [0.2, 0.25) is 0 Å². The minimum absolute atomic E-state index is 1.10. The van der Waals surface area contributed by atoms with Gasteiger partial charge in [-0.25, -0.2) is 4.79 Å². The van der Waals surface area contributed by atoms with Gasteiger partial charge in [0.25, 0.3) is 23.0 Å². The molecule has 198 valence electrons. The van der Waals surface area contributed by atoms with E-state index >= 15 is 0 Å². The number of hydrogen-bond donors (Lipinski definition) is 17. The highest BCUT2D eigenvalue weighted by atomic mass is 16.9. The Labute approximate surface area is 181 Å². The second kappa shape index (κ2) is 8.08. The molecule has 0 aromatic rings. The average Bonchev–Trinajstić information content (AvgIpc) is 2.48. The third kappa shape index (κ3) is 4.88. The van der Waals surface area contributed by atoms with E-state index in [-0.39, 0.29) is 0 Å². The van der Waals surface area contributed by atoms with E-state index in [9.17, 15) is 61.0 Å². The SMILES string of the molecule is CC(C)(C)OC(=O)OC(O)(O)C(O)(C(O)(O)C(O)(O)O)C(O)(O)C(O)(O)C(O)(O)C(O)(O)O. The second-order valence-electron chi connectivity index (χ2n) is 7.84. The molecule has 0 fully saturated rings. The Morgan fingerprint density at radius 1 is 0.485 bits per heavy atom. The highest BCUT2D eigenvalue weighted by molar-refractivity contribution is 5.61. The summed E-state index contributed by atoms with van der Waals surface area (Å²) in [4.78, 5) is 11.7. The molecule has 0 amide bonds. The Kier molecular flexibility index (Phi) is 7.73. The first-order valence-corrected chi connectivity index (χ1v) is 8.07. The zero-order chi connectivity index (χ0) is 27.5. The van der Waals surface area contributed by atoms with Crippen LogP contribution in [0.15, 0.2) is 0 Å². The summed E-state index contributed by atoms with van der Waals surface area (Å²) in [6.07, 6.45) is -2.39. The lowest BCUT2D eigenvalue weighted by Crippen LogP contribution is -2.91. The maximum absolute atomic E-state index is 11.7. The summed E-state index contributed by atoms with van der Waals surface area (Å²) in [5.41, 5.74) is -7.59. The number of aliphatic hydroxyl groups is 17. The van der Waals surface area contributed by atoms with E-state index in [1.807, 2.05) is 0 Å². The zero-order valence-electron chi connectivity index (χ0n) is 16.8. The minimum Gasteiger partial charge on any atom is -0.428 e. The third-order valence-electron chi connectivity index (χ3n) is 4.00. The van der Waals surface area contributed by atoms with Gasteiger partial charge in [0.1, 0.15) is 5.60 Å². The van der Waals surface area contributed by atoms with Crippen LogP contribution in [0, 0.1) is 0 Å². The van der Waals surface area contributed by atoms with Crippen LogP contribution in [0.1, 0.15) is 20.8 Å². The van der Waals surface area contributed by atoms with Gasteiger partial charge >= 0.3 is 29.9 Å². The van der Waals surface area contributed by atoms with E-state index in [2.05, 4.69) is 9.47 Å². The molecule has 1 atom stereocenters. The smallest absolute Gasteiger partial charge is 0.428 e. The maximum atomic E-state index is 11.7. The number of carbonyl (C=O) groups is 1. The molecule has 0 rings (SSSR count). The van der Waals surface area contributed by atoms with Crippen LogP contribution >= 0.6 is 0 Å². The standard InChI is InChI=1S/C13H26O20/c1-5(2,3)32-4(14)33-13(30,31)6(15,8(18,19)11(24,25)26)7(16,17)9(20,21)10(22,23)12(27,28)29/h15-31H,1-3H3. The number of ether oxygens (including phenoxy) is 2. The molecule has 17 N–H and O–H groups in total. The van der Waals surface area contributed by atoms with Crippen molar-refractivity contribution in [1.82, 2.24) is 0 Å². The lowest BCUT2D eigenvalue weighted by Gasteiger charge is -2.56. The zero-order valence-corrected chi connectivity index (χ0v) is 16.8. The van der Waals surface area contributed by atoms with Crippen molar-refractivity contribution in [2.75, 3.05) is 0 Å². The summed E-state index contributed by atoms with van der Waals surface area (Å²) >= 11 is 0. The van der Waals surface area contributed by atoms with E-state index in [4.69, 9.17) is 30.6 Å². The van der Waals surface area contributed by atoms with Gasteiger partial charge in [-0.2, -0.15) is 0 Å². The summed E-state index contributed by atoms with van der Waals surface area (Å²) in [7, 11) is 0. The molecule has 20 nitrogen and oxygen atoms in total. The van der Waals surface area contributed by atoms with Crippen LogP contribution in [0.4, 0.5) is 4.79 Å². The topological polar surface area (TPSA) is 379 Å². The normalized spacial score (nSPS) is 17.5. The first-order valence-electron chi connectivity index (χ1n) is 8.07. The summed E-state index contributed by atoms with van der Waals surface area (Å²) in [5, 5.41) is 161. The number of carbonyl (C=O) groups excluding carboxylic acids is 1. The molecular weight excluding hydrogens is 476 g/mol. The molecule has 0 heterocycles. The molecule has 0 aliphatic heterocycles. The maximum Gasteiger partial charge on any atom is 0.513 e. The van der Waals surface area contributed by atoms with Crippen molar-refractivity contribution in [3.63, 3.8) is 0 Å². The molecule has 0 saturated heterocycles. The number of hydrogen-bond acceptors (Lipinski definition) is 20. The van der Waals surface area contributed by atoms with Crippen LogP contribution in [0.2, 0.25) is 0 Å². The summed E-state index contributed by atoms with van der Waals surface area (Å²) in [6.45, 7) is 3.30. The second-order valence-corrected chi connectivity index (χ2v) is 7.84. The Hall–Kier alpha value is -1.41. The quantitative estimate of drug-likeness (QED) is 0.108. The van der Waals surface area contributed by atoms with Crippen molar-refractivity contribution in [1.29, 1.82) is 0 Å². The molecule has 0 aliphatic rings. The largest absolute Gasteiger partial charge is 0.513 e. The van der Waals surface area contributed by atoms with Gasteiger partial charge in [-0.3, -0.25) is 0 Å². The van der Waals surface area contributed by atoms with Crippen LogP contribution in [0.25, 0.3) is 0 Å². The van der Waals surface area contributed by atoms with Gasteiger partial charge in [-0.1, -0.05) is 0 Å². The van der Waals surface area contributed by atoms with Gasteiger partial charge in [0.05, 0.1) is 0 Å². The molecule has 1 unspecified atom stereocenters. The monoisotopic (exact) mass is 502 g/mol. The third-order valence-corrected chi connectivity index (χ3v) is 4.00. The molecule has 20 heteroatoms. The Balaban J connectivity index is 7.24. The molecule has 33 heavy (non-hydrogen) atoms. The van der Waals surface area contributed by atoms with Crippen molar-refractivity contribution in [2.45, 2.75) is 73.0 Å². The highest BCUT2D eigenvalue weighted by Crippen LogP contribution is 2.49. The molecule has 0 aliphatic carbocycles. The number of rotatable bonds is 8. The van der Waals surface area contributed by atoms with E-state index < -0.39 is 58.4 Å². The lowest BCUT2D eigenvalue weighted by molar-refractivity contribution is -0.609. The van der Waals surface area contributed by atoms with Gasteiger partial charge < -0.3 is 96.3 Å². The molecule has 0 saturated carbocycles. The summed E-state index contributed by atoms with van der Waals surface area (Å²) < 4.78 is 7.93. The van der Waals surface area contributed by atoms with Crippen LogP contribution in [-0.2, 0) is 9.47 Å². The van der Waals surface area contributed by atoms with E-state index in [0.717, 1.165) is 20.8 Å². The van der Waals surface area contributed by atoms with Crippen molar-refractivity contribution < 1.29 is 101 Å². The Morgan fingerprint density at radius 2 is 0.818 bits per heavy atom. The Bertz CT molecular complexity index is 718. The van der Waals surface area contributed by atoms with E-state index in [0.29, 0.717) is 0 Å². The van der Waals surface area contributed by atoms with Crippen LogP contribution in [-0.4, -0.2) is 145 Å². The van der Waals surface area contributed by atoms with Gasteiger partial charge in [-0.15, -0.1) is 0 Å². The van der Waals surface area contributed by atoms with Crippen LogP contribution < -0.4 is 0 Å². The summed E-state index contributed by atoms with van der Waals surface area (Å²) in [6, 6.07) is 0. The van der Waals surface area contributed by atoms with Crippen molar-refractivity contribution in [2.24, 2.45) is 0 Å².